The van der Waals surface area contributed by atoms with Crippen molar-refractivity contribution in [2.75, 3.05) is 30.0 Å². The van der Waals surface area contributed by atoms with E-state index < -0.39 is 0 Å². The Bertz CT molecular complexity index is 473. The first-order valence-corrected chi connectivity index (χ1v) is 7.88. The van der Waals surface area contributed by atoms with Crippen LogP contribution in [0.25, 0.3) is 0 Å². The van der Waals surface area contributed by atoms with Gasteiger partial charge in [0.15, 0.2) is 5.75 Å². The van der Waals surface area contributed by atoms with Crippen molar-refractivity contribution < 1.29 is 9.53 Å². The predicted octanol–water partition coefficient (Wildman–Crippen LogP) is 2.12. The fourth-order valence-corrected chi connectivity index (χ4v) is 3.56. The number of carbonyl (C=O) groups excluding carboxylic acids is 1. The van der Waals surface area contributed by atoms with Crippen molar-refractivity contribution in [3.05, 3.63) is 23.8 Å². The number of nitrogens with one attached hydrogen (secondary N) is 2. The van der Waals surface area contributed by atoms with Crippen molar-refractivity contribution in [2.24, 2.45) is 0 Å². The molecule has 0 bridgehead atoms. The van der Waals surface area contributed by atoms with Gasteiger partial charge in [0, 0.05) is 12.6 Å². The number of amides is 1. The Morgan fingerprint density at radius 3 is 3.05 bits per heavy atom. The van der Waals surface area contributed by atoms with Crippen LogP contribution in [0, 0.1) is 0 Å². The standard InChI is InChI=1S/C14H18N2O2S/c17-14(16-10-4-8-19-9-5-10)11-2-1-3-12-13(11)18-7-6-15-12/h1-3,10,15H,4-9H2,(H,16,17). The molecule has 0 radical (unpaired) electrons. The number of carbonyl (C=O) groups is 1. The van der Waals surface area contributed by atoms with Crippen LogP contribution in [0.3, 0.4) is 0 Å². The van der Waals surface area contributed by atoms with Crippen LogP contribution in [0.1, 0.15) is 23.2 Å². The molecule has 1 amide bonds. The maximum atomic E-state index is 12.4. The molecule has 0 unspecified atom stereocenters. The molecule has 2 aliphatic rings. The fraction of sp³-hybridized carbons (Fsp3) is 0.500. The van der Waals surface area contributed by atoms with E-state index in [0.717, 1.165) is 36.6 Å². The number of para-hydroxylation sites is 1. The Balaban J connectivity index is 1.75. The number of benzene rings is 1. The number of anilines is 1. The van der Waals surface area contributed by atoms with Gasteiger partial charge in [0.1, 0.15) is 6.61 Å². The molecule has 1 saturated heterocycles. The van der Waals surface area contributed by atoms with Gasteiger partial charge in [-0.15, -0.1) is 0 Å². The molecule has 4 nitrogen and oxygen atoms in total. The van der Waals surface area contributed by atoms with Crippen molar-refractivity contribution in [3.63, 3.8) is 0 Å². The van der Waals surface area contributed by atoms with Gasteiger partial charge in [-0.2, -0.15) is 11.8 Å². The summed E-state index contributed by atoms with van der Waals surface area (Å²) in [6.45, 7) is 1.40. The minimum absolute atomic E-state index is 0.0162. The number of ether oxygens (including phenoxy) is 1. The fourth-order valence-electron chi connectivity index (χ4n) is 2.45. The van der Waals surface area contributed by atoms with Crippen molar-refractivity contribution in [1.29, 1.82) is 0 Å². The molecule has 2 N–H and O–H groups in total. The molecule has 5 heteroatoms. The highest BCUT2D eigenvalue weighted by Gasteiger charge is 2.22. The van der Waals surface area contributed by atoms with Crippen LogP contribution in [0.5, 0.6) is 5.75 Å². The van der Waals surface area contributed by atoms with Gasteiger partial charge in [0.25, 0.3) is 5.91 Å². The summed E-state index contributed by atoms with van der Waals surface area (Å²) in [5.41, 5.74) is 1.56. The number of hydrogen-bond acceptors (Lipinski definition) is 4. The first-order valence-electron chi connectivity index (χ1n) is 6.73. The normalized spacial score (nSPS) is 18.9. The van der Waals surface area contributed by atoms with Crippen LogP contribution in [-0.4, -0.2) is 36.6 Å². The van der Waals surface area contributed by atoms with Gasteiger partial charge in [-0.05, 0) is 36.5 Å². The number of thioether (sulfide) groups is 1. The van der Waals surface area contributed by atoms with Crippen LogP contribution >= 0.6 is 11.8 Å². The lowest BCUT2D eigenvalue weighted by Gasteiger charge is -2.25. The molecule has 2 aliphatic heterocycles. The summed E-state index contributed by atoms with van der Waals surface area (Å²) in [7, 11) is 0. The predicted molar refractivity (Wildman–Crippen MR) is 78.2 cm³/mol. The van der Waals surface area contributed by atoms with Crippen LogP contribution in [0.2, 0.25) is 0 Å². The van der Waals surface area contributed by atoms with Crippen LogP contribution in [0.4, 0.5) is 5.69 Å². The molecule has 0 aromatic heterocycles. The van der Waals surface area contributed by atoms with Gasteiger partial charge in [0.2, 0.25) is 0 Å². The first-order chi connectivity index (χ1) is 9.34. The van der Waals surface area contributed by atoms with Crippen molar-refractivity contribution in [2.45, 2.75) is 18.9 Å². The van der Waals surface area contributed by atoms with E-state index >= 15 is 0 Å². The third-order valence-corrected chi connectivity index (χ3v) is 4.53. The van der Waals surface area contributed by atoms with Crippen LogP contribution < -0.4 is 15.4 Å². The number of hydrogen-bond donors (Lipinski definition) is 2. The molecule has 19 heavy (non-hydrogen) atoms. The highest BCUT2D eigenvalue weighted by atomic mass is 32.2. The first kappa shape index (κ1) is 12.7. The van der Waals surface area contributed by atoms with E-state index in [9.17, 15) is 4.79 Å². The molecular formula is C14H18N2O2S. The second-order valence-electron chi connectivity index (χ2n) is 4.82. The summed E-state index contributed by atoms with van der Waals surface area (Å²) < 4.78 is 5.64. The SMILES string of the molecule is O=C(NC1CCSCC1)c1cccc2c1OCCN2. The van der Waals surface area contributed by atoms with E-state index in [0.29, 0.717) is 24.0 Å². The lowest BCUT2D eigenvalue weighted by atomic mass is 10.1. The zero-order valence-electron chi connectivity index (χ0n) is 10.8. The highest BCUT2D eigenvalue weighted by molar-refractivity contribution is 7.99. The second-order valence-corrected chi connectivity index (χ2v) is 6.04. The molecular weight excluding hydrogens is 260 g/mol. The van der Waals surface area contributed by atoms with Crippen LogP contribution in [-0.2, 0) is 0 Å². The van der Waals surface area contributed by atoms with Gasteiger partial charge >= 0.3 is 0 Å². The van der Waals surface area contributed by atoms with E-state index in [4.69, 9.17) is 4.74 Å². The molecule has 1 aromatic carbocycles. The molecule has 1 aromatic rings. The van der Waals surface area contributed by atoms with Crippen molar-refractivity contribution in [1.82, 2.24) is 5.32 Å². The molecule has 102 valence electrons. The summed E-state index contributed by atoms with van der Waals surface area (Å²) in [5, 5.41) is 6.38. The molecule has 1 fully saturated rings. The Morgan fingerprint density at radius 1 is 1.37 bits per heavy atom. The topological polar surface area (TPSA) is 50.4 Å². The number of fused-ring (bicyclic) bond motifs is 1. The maximum absolute atomic E-state index is 12.4. The van der Waals surface area contributed by atoms with E-state index in [1.54, 1.807) is 0 Å². The average molecular weight is 278 g/mol. The molecule has 3 rings (SSSR count). The van der Waals surface area contributed by atoms with Gasteiger partial charge in [-0.3, -0.25) is 4.79 Å². The van der Waals surface area contributed by atoms with E-state index in [1.807, 2.05) is 30.0 Å². The third kappa shape index (κ3) is 2.81. The van der Waals surface area contributed by atoms with Crippen molar-refractivity contribution in [3.8, 4) is 5.75 Å². The molecule has 2 heterocycles. The summed E-state index contributed by atoms with van der Waals surface area (Å²) in [6, 6.07) is 5.98. The largest absolute Gasteiger partial charge is 0.489 e. The second kappa shape index (κ2) is 5.74. The maximum Gasteiger partial charge on any atom is 0.255 e. The number of rotatable bonds is 2. The third-order valence-electron chi connectivity index (χ3n) is 3.48. The molecule has 0 saturated carbocycles. The molecule has 0 spiro atoms. The van der Waals surface area contributed by atoms with E-state index in [1.165, 1.54) is 0 Å². The lowest BCUT2D eigenvalue weighted by molar-refractivity contribution is 0.0930. The quantitative estimate of drug-likeness (QED) is 0.870. The summed E-state index contributed by atoms with van der Waals surface area (Å²) >= 11 is 1.96. The minimum atomic E-state index is -0.0162. The summed E-state index contributed by atoms with van der Waals surface area (Å²) in [6.07, 6.45) is 2.12. The monoisotopic (exact) mass is 278 g/mol. The summed E-state index contributed by atoms with van der Waals surface area (Å²) in [5.74, 6) is 2.94. The Labute approximate surface area is 117 Å². The van der Waals surface area contributed by atoms with Crippen molar-refractivity contribution >= 4 is 23.4 Å². The Morgan fingerprint density at radius 2 is 2.21 bits per heavy atom. The molecule has 0 atom stereocenters. The zero-order valence-corrected chi connectivity index (χ0v) is 11.6. The Kier molecular flexibility index (Phi) is 3.82. The van der Waals surface area contributed by atoms with Gasteiger partial charge in [-0.25, -0.2) is 0 Å². The molecule has 0 aliphatic carbocycles. The Hall–Kier alpha value is -1.36. The van der Waals surface area contributed by atoms with Gasteiger partial charge in [0.05, 0.1) is 11.3 Å². The zero-order chi connectivity index (χ0) is 13.1. The highest BCUT2D eigenvalue weighted by Crippen LogP contribution is 2.31. The van der Waals surface area contributed by atoms with E-state index in [2.05, 4.69) is 10.6 Å². The van der Waals surface area contributed by atoms with Gasteiger partial charge < -0.3 is 15.4 Å². The average Bonchev–Trinajstić information content (AvgIpc) is 2.47. The van der Waals surface area contributed by atoms with Crippen LogP contribution in [0.15, 0.2) is 18.2 Å². The minimum Gasteiger partial charge on any atom is -0.489 e. The lowest BCUT2D eigenvalue weighted by Crippen LogP contribution is -2.37. The van der Waals surface area contributed by atoms with Gasteiger partial charge in [-0.1, -0.05) is 6.07 Å². The smallest absolute Gasteiger partial charge is 0.255 e. The summed E-state index contributed by atoms with van der Waals surface area (Å²) in [4.78, 5) is 12.4. The van der Waals surface area contributed by atoms with E-state index in [-0.39, 0.29) is 5.91 Å².